The fourth-order valence-corrected chi connectivity index (χ4v) is 2.85. The van der Waals surface area contributed by atoms with Crippen LogP contribution in [0.1, 0.15) is 32.6 Å². The van der Waals surface area contributed by atoms with E-state index < -0.39 is 0 Å². The molecule has 1 saturated heterocycles. The summed E-state index contributed by atoms with van der Waals surface area (Å²) >= 11 is 0. The van der Waals surface area contributed by atoms with Gasteiger partial charge in [-0.15, -0.1) is 0 Å². The van der Waals surface area contributed by atoms with Crippen LogP contribution in [-0.4, -0.2) is 26.2 Å². The number of likely N-dealkylation sites (tertiary alicyclic amines) is 1. The Labute approximate surface area is 115 Å². The number of piperidine rings is 1. The number of nitrogens with one attached hydrogen (secondary N) is 1. The van der Waals surface area contributed by atoms with Gasteiger partial charge in [-0.3, -0.25) is 0 Å². The van der Waals surface area contributed by atoms with Gasteiger partial charge in [0.25, 0.3) is 0 Å². The average Bonchev–Trinajstić information content (AvgIpc) is 2.40. The van der Waals surface area contributed by atoms with Gasteiger partial charge in [-0.25, -0.2) is 4.39 Å². The molecule has 1 N–H and O–H groups in total. The van der Waals surface area contributed by atoms with Gasteiger partial charge >= 0.3 is 0 Å². The fourth-order valence-electron chi connectivity index (χ4n) is 2.85. The van der Waals surface area contributed by atoms with Gasteiger partial charge in [-0.05, 0) is 37.8 Å². The standard InChI is InChI=1S/C16H24FNO/c1-14-7-6-11-18(13-14)10-4-5-12-19-16-9-3-2-8-15(16)17/h2-3,8-9,14H,4-7,10-13H2,1H3/p+1/t14-/m1/s1. The molecule has 0 bridgehead atoms. The maximum Gasteiger partial charge on any atom is 0.165 e. The Kier molecular flexibility index (Phi) is 5.64. The molecule has 0 saturated carbocycles. The maximum atomic E-state index is 13.3. The number of hydrogen-bond donors (Lipinski definition) is 1. The van der Waals surface area contributed by atoms with Gasteiger partial charge in [0.05, 0.1) is 26.2 Å². The first-order chi connectivity index (χ1) is 9.25. The van der Waals surface area contributed by atoms with E-state index >= 15 is 0 Å². The summed E-state index contributed by atoms with van der Waals surface area (Å²) in [5.74, 6) is 0.984. The zero-order valence-electron chi connectivity index (χ0n) is 11.8. The van der Waals surface area contributed by atoms with E-state index in [2.05, 4.69) is 6.92 Å². The number of ether oxygens (including phenoxy) is 1. The summed E-state index contributed by atoms with van der Waals surface area (Å²) in [5, 5.41) is 0. The third-order valence-corrected chi connectivity index (χ3v) is 3.88. The second-order valence-electron chi connectivity index (χ2n) is 5.69. The molecule has 1 fully saturated rings. The van der Waals surface area contributed by atoms with Gasteiger partial charge in [0.15, 0.2) is 11.6 Å². The molecule has 1 aromatic rings. The van der Waals surface area contributed by atoms with Crippen molar-refractivity contribution in [1.29, 1.82) is 0 Å². The first-order valence-electron chi connectivity index (χ1n) is 7.46. The highest BCUT2D eigenvalue weighted by molar-refractivity contribution is 5.23. The predicted octanol–water partition coefficient (Wildman–Crippen LogP) is 2.30. The molecular formula is C16H25FNO+. The average molecular weight is 266 g/mol. The molecule has 2 atom stereocenters. The lowest BCUT2D eigenvalue weighted by molar-refractivity contribution is -0.908. The van der Waals surface area contributed by atoms with Gasteiger partial charge in [-0.1, -0.05) is 19.1 Å². The van der Waals surface area contributed by atoms with E-state index in [-0.39, 0.29) is 5.82 Å². The Bertz CT molecular complexity index is 383. The van der Waals surface area contributed by atoms with Crippen molar-refractivity contribution in [3.8, 4) is 5.75 Å². The summed E-state index contributed by atoms with van der Waals surface area (Å²) in [5.41, 5.74) is 0. The highest BCUT2D eigenvalue weighted by Crippen LogP contribution is 2.15. The Morgan fingerprint density at radius 3 is 2.95 bits per heavy atom. The van der Waals surface area contributed by atoms with E-state index in [1.54, 1.807) is 23.1 Å². The van der Waals surface area contributed by atoms with Gasteiger partial charge in [0, 0.05) is 5.92 Å². The predicted molar refractivity (Wildman–Crippen MR) is 75.1 cm³/mol. The fraction of sp³-hybridized carbons (Fsp3) is 0.625. The van der Waals surface area contributed by atoms with Crippen LogP contribution >= 0.6 is 0 Å². The van der Waals surface area contributed by atoms with Gasteiger partial charge in [0.2, 0.25) is 0 Å². The zero-order valence-corrected chi connectivity index (χ0v) is 11.8. The topological polar surface area (TPSA) is 13.7 Å². The lowest BCUT2D eigenvalue weighted by atomic mass is 10.0. The second kappa shape index (κ2) is 7.49. The molecule has 1 heterocycles. The van der Waals surface area contributed by atoms with Crippen molar-refractivity contribution in [3.05, 3.63) is 30.1 Å². The van der Waals surface area contributed by atoms with Gasteiger partial charge in [-0.2, -0.15) is 0 Å². The van der Waals surface area contributed by atoms with E-state index in [1.165, 1.54) is 38.5 Å². The third kappa shape index (κ3) is 4.83. The largest absolute Gasteiger partial charge is 0.491 e. The van der Waals surface area contributed by atoms with Crippen molar-refractivity contribution in [2.24, 2.45) is 5.92 Å². The molecule has 1 aromatic carbocycles. The van der Waals surface area contributed by atoms with Crippen LogP contribution in [0.4, 0.5) is 4.39 Å². The lowest BCUT2D eigenvalue weighted by Crippen LogP contribution is -3.13. The summed E-state index contributed by atoms with van der Waals surface area (Å²) in [7, 11) is 0. The van der Waals surface area contributed by atoms with Crippen molar-refractivity contribution in [2.75, 3.05) is 26.2 Å². The molecule has 1 aliphatic rings. The number of para-hydroxylation sites is 1. The van der Waals surface area contributed by atoms with E-state index in [1.807, 2.05) is 0 Å². The molecule has 2 rings (SSSR count). The second-order valence-corrected chi connectivity index (χ2v) is 5.69. The quantitative estimate of drug-likeness (QED) is 0.780. The molecule has 0 radical (unpaired) electrons. The minimum atomic E-state index is -0.266. The van der Waals surface area contributed by atoms with E-state index in [9.17, 15) is 4.39 Å². The Hall–Kier alpha value is -1.09. The first-order valence-corrected chi connectivity index (χ1v) is 7.46. The Morgan fingerprint density at radius 2 is 2.16 bits per heavy atom. The molecule has 0 aliphatic carbocycles. The highest BCUT2D eigenvalue weighted by atomic mass is 19.1. The molecule has 106 valence electrons. The van der Waals surface area contributed by atoms with Crippen LogP contribution in [0.5, 0.6) is 5.75 Å². The monoisotopic (exact) mass is 266 g/mol. The number of unbranched alkanes of at least 4 members (excludes halogenated alkanes) is 1. The number of halogens is 1. The van der Waals surface area contributed by atoms with Crippen molar-refractivity contribution in [3.63, 3.8) is 0 Å². The molecule has 1 unspecified atom stereocenters. The van der Waals surface area contributed by atoms with Crippen molar-refractivity contribution >= 4 is 0 Å². The van der Waals surface area contributed by atoms with Gasteiger partial charge in [0.1, 0.15) is 0 Å². The minimum Gasteiger partial charge on any atom is -0.491 e. The summed E-state index contributed by atoms with van der Waals surface area (Å²) < 4.78 is 18.8. The molecule has 1 aliphatic heterocycles. The number of quaternary nitrogens is 1. The smallest absolute Gasteiger partial charge is 0.165 e. The van der Waals surface area contributed by atoms with Crippen LogP contribution in [0.2, 0.25) is 0 Å². The Balaban J connectivity index is 1.58. The molecule has 3 heteroatoms. The Morgan fingerprint density at radius 1 is 1.32 bits per heavy atom. The first kappa shape index (κ1) is 14.3. The van der Waals surface area contributed by atoms with Crippen LogP contribution in [0.3, 0.4) is 0 Å². The molecule has 2 nitrogen and oxygen atoms in total. The molecule has 0 spiro atoms. The van der Waals surface area contributed by atoms with Crippen LogP contribution < -0.4 is 9.64 Å². The SMILES string of the molecule is C[C@@H]1CCC[NH+](CCCCOc2ccccc2F)C1. The van der Waals surface area contributed by atoms with E-state index in [0.29, 0.717) is 12.4 Å². The van der Waals surface area contributed by atoms with Crippen LogP contribution in [0, 0.1) is 11.7 Å². The van der Waals surface area contributed by atoms with E-state index in [4.69, 9.17) is 4.74 Å². The van der Waals surface area contributed by atoms with Crippen LogP contribution in [0.15, 0.2) is 24.3 Å². The highest BCUT2D eigenvalue weighted by Gasteiger charge is 2.18. The maximum absolute atomic E-state index is 13.3. The van der Waals surface area contributed by atoms with Crippen molar-refractivity contribution in [2.45, 2.75) is 32.6 Å². The molecule has 19 heavy (non-hydrogen) atoms. The number of benzene rings is 1. The summed E-state index contributed by atoms with van der Waals surface area (Å²) in [4.78, 5) is 1.73. The third-order valence-electron chi connectivity index (χ3n) is 3.88. The van der Waals surface area contributed by atoms with Gasteiger partial charge < -0.3 is 9.64 Å². The van der Waals surface area contributed by atoms with Crippen LogP contribution in [-0.2, 0) is 0 Å². The van der Waals surface area contributed by atoms with E-state index in [0.717, 1.165) is 18.8 Å². The summed E-state index contributed by atoms with van der Waals surface area (Å²) in [6.45, 7) is 6.82. The molecule has 0 amide bonds. The summed E-state index contributed by atoms with van der Waals surface area (Å²) in [6, 6.07) is 6.61. The summed E-state index contributed by atoms with van der Waals surface area (Å²) in [6.07, 6.45) is 4.92. The number of rotatable bonds is 6. The normalized spacial score (nSPS) is 23.3. The minimum absolute atomic E-state index is 0.266. The number of hydrogen-bond acceptors (Lipinski definition) is 1. The zero-order chi connectivity index (χ0) is 13.5. The van der Waals surface area contributed by atoms with Crippen molar-refractivity contribution in [1.82, 2.24) is 0 Å². The van der Waals surface area contributed by atoms with Crippen LogP contribution in [0.25, 0.3) is 0 Å². The van der Waals surface area contributed by atoms with Crippen molar-refractivity contribution < 1.29 is 14.0 Å². The molecule has 0 aromatic heterocycles. The molecular weight excluding hydrogens is 241 g/mol. The lowest BCUT2D eigenvalue weighted by Gasteiger charge is -2.27.